The monoisotopic (exact) mass is 356 g/mol. The summed E-state index contributed by atoms with van der Waals surface area (Å²) in [6.07, 6.45) is 0. The fraction of sp³-hybridized carbons (Fsp3) is 0.0714. The van der Waals surface area contributed by atoms with Crippen LogP contribution in [0.25, 0.3) is 0 Å². The Bertz CT molecular complexity index is 552. The van der Waals surface area contributed by atoms with E-state index in [2.05, 4.69) is 22.6 Å². The predicted octanol–water partition coefficient (Wildman–Crippen LogP) is 3.69. The van der Waals surface area contributed by atoms with Gasteiger partial charge in [-0.2, -0.15) is 0 Å². The summed E-state index contributed by atoms with van der Waals surface area (Å²) >= 11 is 2.16. The van der Waals surface area contributed by atoms with E-state index in [4.69, 9.17) is 4.74 Å². The van der Waals surface area contributed by atoms with Crippen molar-refractivity contribution in [1.29, 1.82) is 0 Å². The summed E-state index contributed by atoms with van der Waals surface area (Å²) in [6.45, 7) is -0.165. The quantitative estimate of drug-likeness (QED) is 0.617. The molecule has 0 bridgehead atoms. The van der Waals surface area contributed by atoms with Crippen molar-refractivity contribution in [2.75, 3.05) is 6.61 Å². The Kier molecular flexibility index (Phi) is 4.30. The van der Waals surface area contributed by atoms with Crippen LogP contribution in [-0.2, 0) is 0 Å². The van der Waals surface area contributed by atoms with Gasteiger partial charge in [0.2, 0.25) is 0 Å². The summed E-state index contributed by atoms with van der Waals surface area (Å²) in [5.74, 6) is -0.543. The Hall–Kier alpha value is -1.43. The minimum absolute atomic E-state index is 0.0939. The first-order valence-electron chi connectivity index (χ1n) is 5.33. The van der Waals surface area contributed by atoms with Crippen LogP contribution in [0.1, 0.15) is 10.4 Å². The van der Waals surface area contributed by atoms with E-state index >= 15 is 0 Å². The van der Waals surface area contributed by atoms with E-state index in [9.17, 15) is 9.18 Å². The smallest absolute Gasteiger partial charge is 0.200 e. The highest BCUT2D eigenvalue weighted by Crippen LogP contribution is 2.16. The lowest BCUT2D eigenvalue weighted by Crippen LogP contribution is -2.12. The van der Waals surface area contributed by atoms with Gasteiger partial charge in [-0.1, -0.05) is 24.3 Å². The van der Waals surface area contributed by atoms with Crippen LogP contribution >= 0.6 is 22.6 Å². The summed E-state index contributed by atoms with van der Waals surface area (Å²) in [6, 6.07) is 13.2. The molecule has 92 valence electrons. The largest absolute Gasteiger partial charge is 0.482 e. The molecule has 0 unspecified atom stereocenters. The number of hydrogen-bond donors (Lipinski definition) is 0. The number of Topliss-reactive ketones (excluding diaryl/α,β-unsaturated/α-hetero) is 1. The van der Waals surface area contributed by atoms with Gasteiger partial charge in [0, 0.05) is 9.13 Å². The number of ether oxygens (including phenoxy) is 1. The molecule has 0 fully saturated rings. The topological polar surface area (TPSA) is 26.3 Å². The van der Waals surface area contributed by atoms with Gasteiger partial charge in [0.1, 0.15) is 0 Å². The zero-order chi connectivity index (χ0) is 13.0. The SMILES string of the molecule is O=C(COc1ccccc1F)c1ccc(I)cc1. The van der Waals surface area contributed by atoms with Crippen LogP contribution in [0.3, 0.4) is 0 Å². The molecule has 0 radical (unpaired) electrons. The third-order valence-corrected chi connectivity index (χ3v) is 3.08. The molecule has 2 rings (SSSR count). The lowest BCUT2D eigenvalue weighted by molar-refractivity contribution is 0.0919. The maximum Gasteiger partial charge on any atom is 0.200 e. The molecule has 18 heavy (non-hydrogen) atoms. The number of hydrogen-bond acceptors (Lipinski definition) is 2. The molecule has 0 saturated heterocycles. The molecule has 4 heteroatoms. The molecule has 0 heterocycles. The molecular weight excluding hydrogens is 346 g/mol. The lowest BCUT2D eigenvalue weighted by Gasteiger charge is -2.06. The highest BCUT2D eigenvalue weighted by atomic mass is 127. The molecule has 2 aromatic rings. The molecule has 0 aliphatic rings. The van der Waals surface area contributed by atoms with Crippen molar-refractivity contribution in [3.63, 3.8) is 0 Å². The summed E-state index contributed by atoms with van der Waals surface area (Å²) < 4.78 is 19.5. The second-order valence-corrected chi connectivity index (χ2v) is 4.89. The fourth-order valence-corrected chi connectivity index (χ4v) is 1.78. The number of para-hydroxylation sites is 1. The van der Waals surface area contributed by atoms with Crippen molar-refractivity contribution in [1.82, 2.24) is 0 Å². The summed E-state index contributed by atoms with van der Waals surface area (Å²) in [7, 11) is 0. The van der Waals surface area contributed by atoms with Gasteiger partial charge in [0.05, 0.1) is 0 Å². The molecule has 0 aliphatic carbocycles. The molecule has 0 aliphatic heterocycles. The molecule has 0 spiro atoms. The summed E-state index contributed by atoms with van der Waals surface area (Å²) in [4.78, 5) is 11.8. The van der Waals surface area contributed by atoms with Crippen molar-refractivity contribution >= 4 is 28.4 Å². The molecule has 0 aromatic heterocycles. The van der Waals surface area contributed by atoms with E-state index < -0.39 is 5.82 Å². The Labute approximate surface area is 118 Å². The van der Waals surface area contributed by atoms with Crippen LogP contribution in [0.15, 0.2) is 48.5 Å². The van der Waals surface area contributed by atoms with Gasteiger partial charge in [-0.3, -0.25) is 4.79 Å². The van der Waals surface area contributed by atoms with E-state index in [0.717, 1.165) is 3.57 Å². The first kappa shape index (κ1) is 13.0. The third-order valence-electron chi connectivity index (χ3n) is 2.36. The van der Waals surface area contributed by atoms with E-state index in [1.165, 1.54) is 12.1 Å². The zero-order valence-electron chi connectivity index (χ0n) is 9.40. The number of halogens is 2. The van der Waals surface area contributed by atoms with Gasteiger partial charge in [0.15, 0.2) is 24.0 Å². The van der Waals surface area contributed by atoms with Gasteiger partial charge >= 0.3 is 0 Å². The average Bonchev–Trinajstić information content (AvgIpc) is 2.38. The number of rotatable bonds is 4. The maximum absolute atomic E-state index is 13.3. The van der Waals surface area contributed by atoms with Gasteiger partial charge in [0.25, 0.3) is 0 Å². The molecule has 0 N–H and O–H groups in total. The molecule has 2 aromatic carbocycles. The maximum atomic E-state index is 13.3. The van der Waals surface area contributed by atoms with Crippen molar-refractivity contribution in [2.45, 2.75) is 0 Å². The number of benzene rings is 2. The van der Waals surface area contributed by atoms with E-state index in [1.807, 2.05) is 12.1 Å². The number of carbonyl (C=O) groups is 1. The Morgan fingerprint density at radius 1 is 1.11 bits per heavy atom. The van der Waals surface area contributed by atoms with E-state index in [-0.39, 0.29) is 18.1 Å². The predicted molar refractivity (Wildman–Crippen MR) is 75.4 cm³/mol. The highest BCUT2D eigenvalue weighted by molar-refractivity contribution is 14.1. The van der Waals surface area contributed by atoms with Crippen LogP contribution in [-0.4, -0.2) is 12.4 Å². The molecule has 2 nitrogen and oxygen atoms in total. The van der Waals surface area contributed by atoms with Crippen LogP contribution in [0.2, 0.25) is 0 Å². The van der Waals surface area contributed by atoms with E-state index in [0.29, 0.717) is 5.56 Å². The van der Waals surface area contributed by atoms with Crippen LogP contribution in [0.4, 0.5) is 4.39 Å². The minimum Gasteiger partial charge on any atom is -0.482 e. The van der Waals surface area contributed by atoms with Gasteiger partial charge < -0.3 is 4.74 Å². The second-order valence-electron chi connectivity index (χ2n) is 3.65. The fourth-order valence-electron chi connectivity index (χ4n) is 1.42. The normalized spacial score (nSPS) is 10.1. The van der Waals surface area contributed by atoms with Crippen molar-refractivity contribution < 1.29 is 13.9 Å². The molecular formula is C14H10FIO2. The van der Waals surface area contributed by atoms with Gasteiger partial charge in [-0.15, -0.1) is 0 Å². The van der Waals surface area contributed by atoms with Crippen LogP contribution < -0.4 is 4.74 Å². The lowest BCUT2D eigenvalue weighted by atomic mass is 10.1. The standard InChI is InChI=1S/C14H10FIO2/c15-12-3-1-2-4-14(12)18-9-13(17)10-5-7-11(16)8-6-10/h1-8H,9H2. The molecule has 0 saturated carbocycles. The number of carbonyl (C=O) groups excluding carboxylic acids is 1. The van der Waals surface area contributed by atoms with Crippen LogP contribution in [0.5, 0.6) is 5.75 Å². The first-order chi connectivity index (χ1) is 8.66. The third kappa shape index (κ3) is 3.29. The van der Waals surface area contributed by atoms with Gasteiger partial charge in [-0.25, -0.2) is 4.39 Å². The zero-order valence-corrected chi connectivity index (χ0v) is 11.6. The summed E-state index contributed by atoms with van der Waals surface area (Å²) in [5.41, 5.74) is 0.562. The van der Waals surface area contributed by atoms with Crippen LogP contribution in [0, 0.1) is 9.39 Å². The Morgan fingerprint density at radius 2 is 1.78 bits per heavy atom. The average molecular weight is 356 g/mol. The Morgan fingerprint density at radius 3 is 2.44 bits per heavy atom. The van der Waals surface area contributed by atoms with Gasteiger partial charge in [-0.05, 0) is 46.9 Å². The number of ketones is 1. The van der Waals surface area contributed by atoms with E-state index in [1.54, 1.807) is 24.3 Å². The minimum atomic E-state index is -0.465. The first-order valence-corrected chi connectivity index (χ1v) is 6.41. The van der Waals surface area contributed by atoms with Crippen molar-refractivity contribution in [3.8, 4) is 5.75 Å². The summed E-state index contributed by atoms with van der Waals surface area (Å²) in [5, 5.41) is 0. The molecule has 0 amide bonds. The molecule has 0 atom stereocenters. The second kappa shape index (κ2) is 5.95. The van der Waals surface area contributed by atoms with Crippen molar-refractivity contribution in [2.24, 2.45) is 0 Å². The van der Waals surface area contributed by atoms with Crippen molar-refractivity contribution in [3.05, 3.63) is 63.5 Å². The highest BCUT2D eigenvalue weighted by Gasteiger charge is 2.08. The Balaban J connectivity index is 2.01.